The summed E-state index contributed by atoms with van der Waals surface area (Å²) in [6.07, 6.45) is 2.93. The first-order valence-electron chi connectivity index (χ1n) is 8.52. The highest BCUT2D eigenvalue weighted by molar-refractivity contribution is 14.0. The Morgan fingerprint density at radius 2 is 1.96 bits per heavy atom. The molecule has 0 bridgehead atoms. The van der Waals surface area contributed by atoms with Crippen molar-refractivity contribution < 1.29 is 0 Å². The zero-order chi connectivity index (χ0) is 16.8. The number of benzene rings is 1. The van der Waals surface area contributed by atoms with Gasteiger partial charge in [0.05, 0.1) is 0 Å². The van der Waals surface area contributed by atoms with Gasteiger partial charge in [-0.25, -0.2) is 4.98 Å². The van der Waals surface area contributed by atoms with E-state index >= 15 is 0 Å². The molecule has 0 radical (unpaired) electrons. The number of aliphatic imine (C=N–C) groups is 1. The van der Waals surface area contributed by atoms with Crippen LogP contribution in [0.3, 0.4) is 0 Å². The Labute approximate surface area is 171 Å². The van der Waals surface area contributed by atoms with Gasteiger partial charge in [-0.3, -0.25) is 4.99 Å². The number of guanidine groups is 1. The number of hydrogen-bond acceptors (Lipinski definition) is 4. The highest BCUT2D eigenvalue weighted by Gasteiger charge is 2.20. The van der Waals surface area contributed by atoms with Gasteiger partial charge < -0.3 is 15.5 Å². The van der Waals surface area contributed by atoms with Crippen molar-refractivity contribution >= 4 is 46.4 Å². The van der Waals surface area contributed by atoms with E-state index in [1.54, 1.807) is 11.3 Å². The van der Waals surface area contributed by atoms with Crippen LogP contribution in [0.2, 0.25) is 0 Å². The predicted octanol–water partition coefficient (Wildman–Crippen LogP) is 3.39. The van der Waals surface area contributed by atoms with E-state index in [0.717, 1.165) is 44.3 Å². The molecule has 136 valence electrons. The Morgan fingerprint density at radius 3 is 2.56 bits per heavy atom. The predicted molar refractivity (Wildman–Crippen MR) is 117 cm³/mol. The molecule has 2 aromatic rings. The molecule has 2 heterocycles. The normalized spacial score (nSPS) is 16.4. The summed E-state index contributed by atoms with van der Waals surface area (Å²) in [5.74, 6) is 1.10. The van der Waals surface area contributed by atoms with Gasteiger partial charge >= 0.3 is 0 Å². The summed E-state index contributed by atoms with van der Waals surface area (Å²) in [4.78, 5) is 13.5. The topological polar surface area (TPSA) is 57.8 Å². The summed E-state index contributed by atoms with van der Waals surface area (Å²) in [6, 6.07) is 10.6. The molecule has 7 heteroatoms. The zero-order valence-electron chi connectivity index (χ0n) is 14.5. The highest BCUT2D eigenvalue weighted by atomic mass is 127. The van der Waals surface area contributed by atoms with Crippen molar-refractivity contribution in [3.05, 3.63) is 47.5 Å². The highest BCUT2D eigenvalue weighted by Crippen LogP contribution is 2.20. The van der Waals surface area contributed by atoms with E-state index in [9.17, 15) is 0 Å². The quantitative estimate of drug-likeness (QED) is 0.413. The number of thiazole rings is 1. The smallest absolute Gasteiger partial charge is 0.191 e. The third kappa shape index (κ3) is 5.31. The van der Waals surface area contributed by atoms with E-state index in [2.05, 4.69) is 57.0 Å². The van der Waals surface area contributed by atoms with Gasteiger partial charge in [-0.05, 0) is 12.0 Å². The Hall–Kier alpha value is -1.35. The van der Waals surface area contributed by atoms with Crippen LogP contribution < -0.4 is 10.6 Å². The number of hydrogen-bond donors (Lipinski definition) is 1. The van der Waals surface area contributed by atoms with Gasteiger partial charge in [0.25, 0.3) is 0 Å². The average Bonchev–Trinajstić information content (AvgIpc) is 3.18. The first kappa shape index (κ1) is 20.0. The zero-order valence-corrected chi connectivity index (χ0v) is 17.7. The van der Waals surface area contributed by atoms with Gasteiger partial charge in [-0.15, -0.1) is 35.3 Å². The second-order valence-corrected chi connectivity index (χ2v) is 6.88. The molecule has 0 spiro atoms. The Bertz CT molecular complexity index is 639. The molecule has 25 heavy (non-hydrogen) atoms. The maximum atomic E-state index is 6.24. The number of nitrogens with two attached hydrogens (primary N) is 1. The summed E-state index contributed by atoms with van der Waals surface area (Å²) in [5.41, 5.74) is 7.58. The van der Waals surface area contributed by atoms with Gasteiger partial charge in [0.1, 0.15) is 0 Å². The molecule has 1 atom stereocenters. The van der Waals surface area contributed by atoms with Gasteiger partial charge in [0, 0.05) is 50.2 Å². The fourth-order valence-electron chi connectivity index (χ4n) is 3.00. The number of aromatic nitrogens is 1. The third-order valence-corrected chi connectivity index (χ3v) is 5.36. The molecule has 1 saturated heterocycles. The Kier molecular flexibility index (Phi) is 7.95. The molecule has 1 aromatic heterocycles. The first-order chi connectivity index (χ1) is 11.8. The average molecular weight is 471 g/mol. The lowest BCUT2D eigenvalue weighted by atomic mass is 9.97. The molecule has 0 aliphatic carbocycles. The molecular formula is C18H26IN5S. The van der Waals surface area contributed by atoms with Crippen LogP contribution >= 0.6 is 35.3 Å². The second-order valence-electron chi connectivity index (χ2n) is 6.00. The number of nitrogens with zero attached hydrogens (tertiary/aromatic N) is 4. The molecule has 0 amide bonds. The lowest BCUT2D eigenvalue weighted by Gasteiger charge is -2.35. The minimum atomic E-state index is 0. The second kappa shape index (κ2) is 9.96. The van der Waals surface area contributed by atoms with E-state index in [-0.39, 0.29) is 24.0 Å². The maximum absolute atomic E-state index is 6.24. The van der Waals surface area contributed by atoms with Crippen LogP contribution in [0.5, 0.6) is 0 Å². The van der Waals surface area contributed by atoms with Crippen molar-refractivity contribution in [2.75, 3.05) is 37.6 Å². The summed E-state index contributed by atoms with van der Waals surface area (Å²) < 4.78 is 0. The van der Waals surface area contributed by atoms with Gasteiger partial charge in [-0.2, -0.15) is 0 Å². The fraction of sp³-hybridized carbons (Fsp3) is 0.444. The fourth-order valence-corrected chi connectivity index (χ4v) is 3.69. The van der Waals surface area contributed by atoms with Gasteiger partial charge in [0.15, 0.2) is 11.1 Å². The molecular weight excluding hydrogens is 445 g/mol. The summed E-state index contributed by atoms with van der Waals surface area (Å²) in [5, 5.41) is 3.12. The number of anilines is 1. The van der Waals surface area contributed by atoms with Gasteiger partial charge in [-0.1, -0.05) is 37.3 Å². The van der Waals surface area contributed by atoms with Crippen LogP contribution in [0, 0.1) is 0 Å². The van der Waals surface area contributed by atoms with Crippen molar-refractivity contribution in [1.82, 2.24) is 9.88 Å². The molecule has 1 aromatic carbocycles. The molecule has 2 N–H and O–H groups in total. The van der Waals surface area contributed by atoms with E-state index in [4.69, 9.17) is 5.73 Å². The van der Waals surface area contributed by atoms with Crippen molar-refractivity contribution in [2.24, 2.45) is 10.7 Å². The molecule has 1 unspecified atom stereocenters. The van der Waals surface area contributed by atoms with Crippen LogP contribution in [0.25, 0.3) is 0 Å². The Morgan fingerprint density at radius 1 is 1.24 bits per heavy atom. The first-order valence-corrected chi connectivity index (χ1v) is 9.40. The van der Waals surface area contributed by atoms with Crippen molar-refractivity contribution in [3.8, 4) is 0 Å². The van der Waals surface area contributed by atoms with E-state index < -0.39 is 0 Å². The lowest BCUT2D eigenvalue weighted by Crippen LogP contribution is -2.51. The minimum Gasteiger partial charge on any atom is -0.370 e. The summed E-state index contributed by atoms with van der Waals surface area (Å²) >= 11 is 1.69. The van der Waals surface area contributed by atoms with Gasteiger partial charge in [0.2, 0.25) is 0 Å². The van der Waals surface area contributed by atoms with Crippen LogP contribution in [0.4, 0.5) is 5.13 Å². The number of rotatable bonds is 5. The largest absolute Gasteiger partial charge is 0.370 e. The van der Waals surface area contributed by atoms with Crippen molar-refractivity contribution in [1.29, 1.82) is 0 Å². The van der Waals surface area contributed by atoms with Crippen LogP contribution in [0.1, 0.15) is 24.8 Å². The summed E-state index contributed by atoms with van der Waals surface area (Å²) in [6.45, 7) is 6.64. The Balaban J connectivity index is 0.00000225. The van der Waals surface area contributed by atoms with Crippen LogP contribution in [-0.2, 0) is 0 Å². The molecule has 1 fully saturated rings. The van der Waals surface area contributed by atoms with Crippen LogP contribution in [-0.4, -0.2) is 48.6 Å². The van der Waals surface area contributed by atoms with E-state index in [0.29, 0.717) is 11.9 Å². The van der Waals surface area contributed by atoms with E-state index in [1.165, 1.54) is 5.56 Å². The third-order valence-electron chi connectivity index (χ3n) is 4.53. The molecule has 3 rings (SSSR count). The standard InChI is InChI=1S/C18H25N5S.HI/c1-2-15(16-6-4-3-5-7-16)14-21-17(19)22-9-11-23(12-10-22)18-20-8-13-24-18;/h3-8,13,15H,2,9-12,14H2,1H3,(H2,19,21);1H. The maximum Gasteiger partial charge on any atom is 0.191 e. The van der Waals surface area contributed by atoms with Crippen molar-refractivity contribution in [2.45, 2.75) is 19.3 Å². The summed E-state index contributed by atoms with van der Waals surface area (Å²) in [7, 11) is 0. The monoisotopic (exact) mass is 471 g/mol. The van der Waals surface area contributed by atoms with Crippen LogP contribution in [0.15, 0.2) is 46.9 Å². The number of piperazine rings is 1. The minimum absolute atomic E-state index is 0. The molecule has 0 saturated carbocycles. The molecule has 1 aliphatic heterocycles. The molecule has 1 aliphatic rings. The SMILES string of the molecule is CCC(CN=C(N)N1CCN(c2nccs2)CC1)c1ccccc1.I. The van der Waals surface area contributed by atoms with Crippen molar-refractivity contribution in [3.63, 3.8) is 0 Å². The number of halogens is 1. The molecule has 5 nitrogen and oxygen atoms in total. The lowest BCUT2D eigenvalue weighted by molar-refractivity contribution is 0.380. The van der Waals surface area contributed by atoms with E-state index in [1.807, 2.05) is 11.6 Å².